The molecule has 1 nitrogen and oxygen atoms in total. The maximum Gasteiger partial charge on any atom is 0.149 e. The second-order valence-electron chi connectivity index (χ2n) is 2.90. The highest BCUT2D eigenvalue weighted by molar-refractivity contribution is 7.98. The van der Waals surface area contributed by atoms with E-state index in [0.717, 1.165) is 18.2 Å². The van der Waals surface area contributed by atoms with Gasteiger partial charge in [-0.25, -0.2) is 8.78 Å². The lowest BCUT2D eigenvalue weighted by molar-refractivity contribution is 0.585. The van der Waals surface area contributed by atoms with Crippen LogP contribution < -0.4 is 5.32 Å². The minimum atomic E-state index is -0.544. The summed E-state index contributed by atoms with van der Waals surface area (Å²) in [6, 6.07) is 3.56. The van der Waals surface area contributed by atoms with Crippen LogP contribution in [0.1, 0.15) is 6.42 Å². The van der Waals surface area contributed by atoms with Crippen molar-refractivity contribution in [3.05, 3.63) is 29.8 Å². The first kappa shape index (κ1) is 11.3. The van der Waals surface area contributed by atoms with Gasteiger partial charge in [0.25, 0.3) is 0 Å². The van der Waals surface area contributed by atoms with Crippen LogP contribution >= 0.6 is 11.8 Å². The van der Waals surface area contributed by atoms with Crippen molar-refractivity contribution in [1.82, 2.24) is 0 Å². The molecule has 0 aliphatic carbocycles. The van der Waals surface area contributed by atoms with Crippen molar-refractivity contribution in [3.63, 3.8) is 0 Å². The van der Waals surface area contributed by atoms with Gasteiger partial charge in [0, 0.05) is 12.6 Å². The van der Waals surface area contributed by atoms with E-state index in [1.54, 1.807) is 11.8 Å². The van der Waals surface area contributed by atoms with Crippen LogP contribution in [0.5, 0.6) is 0 Å². The normalized spacial score (nSPS) is 10.2. The third kappa shape index (κ3) is 3.54. The summed E-state index contributed by atoms with van der Waals surface area (Å²) in [5.74, 6) is -0.0400. The summed E-state index contributed by atoms with van der Waals surface area (Å²) in [7, 11) is 0. The molecule has 0 saturated heterocycles. The van der Waals surface area contributed by atoms with Crippen LogP contribution in [0, 0.1) is 11.6 Å². The van der Waals surface area contributed by atoms with Crippen LogP contribution in [0.3, 0.4) is 0 Å². The maximum atomic E-state index is 13.1. The molecule has 0 heterocycles. The smallest absolute Gasteiger partial charge is 0.149 e. The van der Waals surface area contributed by atoms with Gasteiger partial charge >= 0.3 is 0 Å². The lowest BCUT2D eigenvalue weighted by atomic mass is 10.3. The van der Waals surface area contributed by atoms with E-state index in [0.29, 0.717) is 12.2 Å². The van der Waals surface area contributed by atoms with Gasteiger partial charge < -0.3 is 5.32 Å². The second-order valence-corrected chi connectivity index (χ2v) is 3.88. The number of rotatable bonds is 5. The number of anilines is 1. The monoisotopic (exact) mass is 217 g/mol. The molecule has 0 aliphatic rings. The standard InChI is InChI=1S/C10H13F2NS/c1-14-6-2-5-13-10-4-3-8(11)7-9(10)12/h3-4,7,13H,2,5-6H2,1H3. The highest BCUT2D eigenvalue weighted by atomic mass is 32.2. The van der Waals surface area contributed by atoms with Crippen molar-refractivity contribution < 1.29 is 8.78 Å². The third-order valence-corrected chi connectivity index (χ3v) is 2.47. The molecule has 0 bridgehead atoms. The van der Waals surface area contributed by atoms with Crippen molar-refractivity contribution in [3.8, 4) is 0 Å². The van der Waals surface area contributed by atoms with Crippen LogP contribution in [-0.2, 0) is 0 Å². The van der Waals surface area contributed by atoms with Crippen molar-refractivity contribution in [2.24, 2.45) is 0 Å². The van der Waals surface area contributed by atoms with Gasteiger partial charge in [0.2, 0.25) is 0 Å². The third-order valence-electron chi connectivity index (χ3n) is 1.77. The molecule has 0 unspecified atom stereocenters. The molecule has 1 N–H and O–H groups in total. The Labute approximate surface area is 86.9 Å². The second kappa shape index (κ2) is 5.86. The fourth-order valence-corrected chi connectivity index (χ4v) is 1.51. The molecule has 78 valence electrons. The van der Waals surface area contributed by atoms with Gasteiger partial charge in [0.05, 0.1) is 5.69 Å². The lowest BCUT2D eigenvalue weighted by Gasteiger charge is -2.06. The zero-order valence-electron chi connectivity index (χ0n) is 8.02. The fraction of sp³-hybridized carbons (Fsp3) is 0.400. The van der Waals surface area contributed by atoms with Gasteiger partial charge in [-0.1, -0.05) is 0 Å². The zero-order chi connectivity index (χ0) is 10.4. The average Bonchev–Trinajstić information content (AvgIpc) is 2.15. The summed E-state index contributed by atoms with van der Waals surface area (Å²) >= 11 is 1.75. The Kier molecular flexibility index (Phi) is 4.73. The van der Waals surface area contributed by atoms with Crippen LogP contribution in [0.2, 0.25) is 0 Å². The van der Waals surface area contributed by atoms with Crippen LogP contribution in [0.15, 0.2) is 18.2 Å². The van der Waals surface area contributed by atoms with Gasteiger partial charge in [-0.3, -0.25) is 0 Å². The molecule has 14 heavy (non-hydrogen) atoms. The molecule has 0 aliphatic heterocycles. The van der Waals surface area contributed by atoms with Crippen molar-refractivity contribution >= 4 is 17.4 Å². The highest BCUT2D eigenvalue weighted by Gasteiger charge is 2.01. The molecule has 0 spiro atoms. The van der Waals surface area contributed by atoms with Gasteiger partial charge in [0.1, 0.15) is 11.6 Å². The van der Waals surface area contributed by atoms with Crippen molar-refractivity contribution in [1.29, 1.82) is 0 Å². The molecule has 1 rings (SSSR count). The zero-order valence-corrected chi connectivity index (χ0v) is 8.83. The first-order chi connectivity index (χ1) is 6.74. The quantitative estimate of drug-likeness (QED) is 0.760. The first-order valence-corrected chi connectivity index (χ1v) is 5.81. The Hall–Kier alpha value is -0.770. The molecule has 0 amide bonds. The number of thioether (sulfide) groups is 1. The van der Waals surface area contributed by atoms with E-state index < -0.39 is 11.6 Å². The topological polar surface area (TPSA) is 12.0 Å². The van der Waals surface area contributed by atoms with E-state index in [1.165, 1.54) is 12.1 Å². The Morgan fingerprint density at radius 3 is 2.79 bits per heavy atom. The number of hydrogen-bond donors (Lipinski definition) is 1. The highest BCUT2D eigenvalue weighted by Crippen LogP contribution is 2.14. The van der Waals surface area contributed by atoms with Crippen molar-refractivity contribution in [2.45, 2.75) is 6.42 Å². The molecular formula is C10H13F2NS. The van der Waals surface area contributed by atoms with E-state index in [4.69, 9.17) is 0 Å². The SMILES string of the molecule is CSCCCNc1ccc(F)cc1F. The van der Waals surface area contributed by atoms with E-state index in [2.05, 4.69) is 5.32 Å². The summed E-state index contributed by atoms with van der Waals surface area (Å²) in [5, 5.41) is 2.92. The van der Waals surface area contributed by atoms with Gasteiger partial charge in [-0.2, -0.15) is 11.8 Å². The maximum absolute atomic E-state index is 13.1. The minimum absolute atomic E-state index is 0.368. The predicted molar refractivity (Wildman–Crippen MR) is 57.8 cm³/mol. The van der Waals surface area contributed by atoms with E-state index in [-0.39, 0.29) is 0 Å². The molecular weight excluding hydrogens is 204 g/mol. The minimum Gasteiger partial charge on any atom is -0.383 e. The first-order valence-electron chi connectivity index (χ1n) is 4.42. The number of halogens is 2. The summed E-state index contributed by atoms with van der Waals surface area (Å²) in [4.78, 5) is 0. The summed E-state index contributed by atoms with van der Waals surface area (Å²) < 4.78 is 25.6. The lowest BCUT2D eigenvalue weighted by Crippen LogP contribution is -2.04. The molecule has 0 fully saturated rings. The molecule has 1 aromatic rings. The van der Waals surface area contributed by atoms with Gasteiger partial charge in [-0.15, -0.1) is 0 Å². The van der Waals surface area contributed by atoms with Crippen LogP contribution in [0.4, 0.5) is 14.5 Å². The van der Waals surface area contributed by atoms with Gasteiger partial charge in [-0.05, 0) is 30.6 Å². The molecule has 0 saturated carbocycles. The molecule has 1 aromatic carbocycles. The molecule has 0 aromatic heterocycles. The molecule has 0 atom stereocenters. The van der Waals surface area contributed by atoms with E-state index in [9.17, 15) is 8.78 Å². The number of nitrogens with one attached hydrogen (secondary N) is 1. The van der Waals surface area contributed by atoms with E-state index >= 15 is 0 Å². The Balaban J connectivity index is 2.42. The Bertz CT molecular complexity index is 291. The average molecular weight is 217 g/mol. The van der Waals surface area contributed by atoms with Crippen LogP contribution in [0.25, 0.3) is 0 Å². The summed E-state index contributed by atoms with van der Waals surface area (Å²) in [6.45, 7) is 0.712. The van der Waals surface area contributed by atoms with Crippen molar-refractivity contribution in [2.75, 3.05) is 23.9 Å². The van der Waals surface area contributed by atoms with E-state index in [1.807, 2.05) is 6.26 Å². The number of hydrogen-bond acceptors (Lipinski definition) is 2. The summed E-state index contributed by atoms with van der Waals surface area (Å²) in [5.41, 5.74) is 0.368. The molecule has 0 radical (unpaired) electrons. The van der Waals surface area contributed by atoms with Gasteiger partial charge in [0.15, 0.2) is 0 Å². The predicted octanol–water partition coefficient (Wildman–Crippen LogP) is 3.13. The Morgan fingerprint density at radius 2 is 2.14 bits per heavy atom. The van der Waals surface area contributed by atoms with Crippen LogP contribution in [-0.4, -0.2) is 18.6 Å². The number of benzene rings is 1. The fourth-order valence-electron chi connectivity index (χ4n) is 1.07. The summed E-state index contributed by atoms with van der Waals surface area (Å²) in [6.07, 6.45) is 3.00. The Morgan fingerprint density at radius 1 is 1.36 bits per heavy atom. The molecule has 4 heteroatoms. The largest absolute Gasteiger partial charge is 0.383 e.